The topological polar surface area (TPSA) is 41.4 Å². The number of carbonyl (C=O) groups excluding carboxylic acids is 1. The van der Waals surface area contributed by atoms with Gasteiger partial charge >= 0.3 is 0 Å². The molecule has 0 unspecified atom stereocenters. The highest BCUT2D eigenvalue weighted by atomic mass is 35.5. The van der Waals surface area contributed by atoms with Crippen LogP contribution in [0.15, 0.2) is 48.5 Å². The highest BCUT2D eigenvalue weighted by Gasteiger charge is 2.31. The van der Waals surface area contributed by atoms with E-state index in [-0.39, 0.29) is 5.91 Å². The molecule has 0 atom stereocenters. The number of aryl methyl sites for hydroxylation is 1. The molecule has 3 aromatic rings. The summed E-state index contributed by atoms with van der Waals surface area (Å²) in [4.78, 5) is 17.6. The van der Waals surface area contributed by atoms with Gasteiger partial charge in [0.15, 0.2) is 5.69 Å². The van der Waals surface area contributed by atoms with E-state index >= 15 is 0 Å². The third-order valence-electron chi connectivity index (χ3n) is 6.15. The van der Waals surface area contributed by atoms with Crippen LogP contribution in [0.3, 0.4) is 0 Å². The van der Waals surface area contributed by atoms with Crippen molar-refractivity contribution in [2.75, 3.05) is 31.1 Å². The molecule has 2 aliphatic rings. The van der Waals surface area contributed by atoms with Gasteiger partial charge in [0.05, 0.1) is 5.69 Å². The van der Waals surface area contributed by atoms with Crippen molar-refractivity contribution in [3.8, 4) is 5.69 Å². The second-order valence-corrected chi connectivity index (χ2v) is 8.57. The number of benzene rings is 2. The number of nitrogens with zero attached hydrogens (tertiary/aromatic N) is 4. The van der Waals surface area contributed by atoms with Crippen molar-refractivity contribution in [2.24, 2.45) is 0 Å². The van der Waals surface area contributed by atoms with Crippen LogP contribution in [-0.2, 0) is 12.8 Å². The van der Waals surface area contributed by atoms with Crippen LogP contribution in [0.4, 0.5) is 5.69 Å². The minimum atomic E-state index is 0.0600. The second-order valence-electron chi connectivity index (χ2n) is 8.13. The molecule has 1 aromatic heterocycles. The molecule has 0 N–H and O–H groups in total. The first-order chi connectivity index (χ1) is 14.6. The molecule has 1 aliphatic carbocycles. The van der Waals surface area contributed by atoms with Gasteiger partial charge < -0.3 is 9.80 Å². The molecular weight excluding hydrogens is 396 g/mol. The summed E-state index contributed by atoms with van der Waals surface area (Å²) in [6.45, 7) is 5.06. The van der Waals surface area contributed by atoms with E-state index in [4.69, 9.17) is 16.7 Å². The van der Waals surface area contributed by atoms with Crippen molar-refractivity contribution < 1.29 is 4.79 Å². The molecule has 30 heavy (non-hydrogen) atoms. The van der Waals surface area contributed by atoms with Crippen molar-refractivity contribution in [3.05, 3.63) is 76.1 Å². The number of anilines is 1. The molecule has 154 valence electrons. The lowest BCUT2D eigenvalue weighted by atomic mass is 10.1. The smallest absolute Gasteiger partial charge is 0.274 e. The van der Waals surface area contributed by atoms with E-state index in [2.05, 4.69) is 42.2 Å². The molecule has 5 rings (SSSR count). The van der Waals surface area contributed by atoms with Gasteiger partial charge in [-0.1, -0.05) is 35.4 Å². The highest BCUT2D eigenvalue weighted by molar-refractivity contribution is 6.30. The number of piperazine rings is 1. The average molecular weight is 421 g/mol. The Labute approximate surface area is 181 Å². The summed E-state index contributed by atoms with van der Waals surface area (Å²) >= 11 is 6.14. The van der Waals surface area contributed by atoms with Crippen LogP contribution in [0.1, 0.15) is 33.7 Å². The number of aromatic nitrogens is 2. The SMILES string of the molecule is Cc1ccc(-n2nc(C(=O)N3CCN(c4cccc(Cl)c4)CC3)c3c2CCC3)cc1. The zero-order chi connectivity index (χ0) is 20.7. The lowest BCUT2D eigenvalue weighted by Gasteiger charge is -2.36. The lowest BCUT2D eigenvalue weighted by Crippen LogP contribution is -2.49. The Kier molecular flexibility index (Phi) is 4.99. The van der Waals surface area contributed by atoms with E-state index in [1.165, 1.54) is 11.3 Å². The summed E-state index contributed by atoms with van der Waals surface area (Å²) in [5.74, 6) is 0.0600. The van der Waals surface area contributed by atoms with E-state index < -0.39 is 0 Å². The summed E-state index contributed by atoms with van der Waals surface area (Å²) in [5, 5.41) is 5.53. The number of halogens is 1. The molecule has 1 saturated heterocycles. The fourth-order valence-electron chi connectivity index (χ4n) is 4.50. The van der Waals surface area contributed by atoms with Crippen molar-refractivity contribution in [2.45, 2.75) is 26.2 Å². The van der Waals surface area contributed by atoms with Gasteiger partial charge in [-0.15, -0.1) is 0 Å². The van der Waals surface area contributed by atoms with Crippen LogP contribution in [0.2, 0.25) is 5.02 Å². The maximum Gasteiger partial charge on any atom is 0.274 e. The minimum absolute atomic E-state index is 0.0600. The average Bonchev–Trinajstić information content (AvgIpc) is 3.37. The van der Waals surface area contributed by atoms with Crippen molar-refractivity contribution in [3.63, 3.8) is 0 Å². The number of hydrogen-bond donors (Lipinski definition) is 0. The fourth-order valence-corrected chi connectivity index (χ4v) is 4.68. The number of carbonyl (C=O) groups is 1. The highest BCUT2D eigenvalue weighted by Crippen LogP contribution is 2.29. The third-order valence-corrected chi connectivity index (χ3v) is 6.39. The Morgan fingerprint density at radius 1 is 0.967 bits per heavy atom. The summed E-state index contributed by atoms with van der Waals surface area (Å²) < 4.78 is 1.98. The number of amides is 1. The maximum atomic E-state index is 13.4. The van der Waals surface area contributed by atoms with Crippen LogP contribution in [-0.4, -0.2) is 46.8 Å². The summed E-state index contributed by atoms with van der Waals surface area (Å²) in [6, 6.07) is 16.3. The van der Waals surface area contributed by atoms with Gasteiger partial charge in [-0.3, -0.25) is 4.79 Å². The Balaban J connectivity index is 1.36. The predicted molar refractivity (Wildman–Crippen MR) is 120 cm³/mol. The molecule has 6 heteroatoms. The molecule has 0 radical (unpaired) electrons. The van der Waals surface area contributed by atoms with Crippen molar-refractivity contribution in [1.82, 2.24) is 14.7 Å². The number of rotatable bonds is 3. The van der Waals surface area contributed by atoms with Gasteiger partial charge in [0.1, 0.15) is 0 Å². The number of fused-ring (bicyclic) bond motifs is 1. The predicted octanol–water partition coefficient (Wildman–Crippen LogP) is 4.29. The second kappa shape index (κ2) is 7.80. The molecular formula is C24H25ClN4O. The molecule has 2 heterocycles. The summed E-state index contributed by atoms with van der Waals surface area (Å²) in [6.07, 6.45) is 3.00. The largest absolute Gasteiger partial charge is 0.368 e. The first kappa shape index (κ1) is 19.2. The molecule has 0 bridgehead atoms. The first-order valence-corrected chi connectivity index (χ1v) is 11.0. The van der Waals surface area contributed by atoms with Gasteiger partial charge in [-0.25, -0.2) is 4.68 Å². The summed E-state index contributed by atoms with van der Waals surface area (Å²) in [5.41, 5.74) is 6.33. The third kappa shape index (κ3) is 3.47. The molecule has 0 saturated carbocycles. The normalized spacial score (nSPS) is 16.1. The first-order valence-electron chi connectivity index (χ1n) is 10.6. The van der Waals surface area contributed by atoms with Gasteiger partial charge in [-0.2, -0.15) is 5.10 Å². The molecule has 2 aromatic carbocycles. The van der Waals surface area contributed by atoms with Gasteiger partial charge in [0, 0.05) is 48.1 Å². The van der Waals surface area contributed by atoms with Crippen LogP contribution in [0.25, 0.3) is 5.69 Å². The Bertz CT molecular complexity index is 1080. The minimum Gasteiger partial charge on any atom is -0.368 e. The van der Waals surface area contributed by atoms with Gasteiger partial charge in [-0.05, 0) is 56.5 Å². The van der Waals surface area contributed by atoms with E-state index in [0.29, 0.717) is 18.8 Å². The van der Waals surface area contributed by atoms with E-state index in [0.717, 1.165) is 54.3 Å². The Hall–Kier alpha value is -2.79. The van der Waals surface area contributed by atoms with E-state index in [1.54, 1.807) is 0 Å². The quantitative estimate of drug-likeness (QED) is 0.634. The maximum absolute atomic E-state index is 13.4. The molecule has 5 nitrogen and oxygen atoms in total. The molecule has 1 fully saturated rings. The standard InChI is InChI=1S/C24H25ClN4O/c1-17-8-10-19(11-9-17)29-22-7-3-6-21(22)23(26-29)24(30)28-14-12-27(13-15-28)20-5-2-4-18(25)16-20/h2,4-5,8-11,16H,3,6-7,12-15H2,1H3. The Morgan fingerprint density at radius 3 is 2.47 bits per heavy atom. The lowest BCUT2D eigenvalue weighted by molar-refractivity contribution is 0.0739. The van der Waals surface area contributed by atoms with Crippen molar-refractivity contribution >= 4 is 23.2 Å². The van der Waals surface area contributed by atoms with Crippen molar-refractivity contribution in [1.29, 1.82) is 0 Å². The zero-order valence-corrected chi connectivity index (χ0v) is 17.9. The van der Waals surface area contributed by atoms with Gasteiger partial charge in [0.2, 0.25) is 0 Å². The van der Waals surface area contributed by atoms with Gasteiger partial charge in [0.25, 0.3) is 5.91 Å². The van der Waals surface area contributed by atoms with Crippen LogP contribution in [0.5, 0.6) is 0 Å². The number of hydrogen-bond acceptors (Lipinski definition) is 3. The van der Waals surface area contributed by atoms with E-state index in [9.17, 15) is 4.79 Å². The zero-order valence-electron chi connectivity index (χ0n) is 17.1. The monoisotopic (exact) mass is 420 g/mol. The molecule has 1 aliphatic heterocycles. The fraction of sp³-hybridized carbons (Fsp3) is 0.333. The summed E-state index contributed by atoms with van der Waals surface area (Å²) in [7, 11) is 0. The van der Waals surface area contributed by atoms with Crippen LogP contribution < -0.4 is 4.90 Å². The molecule has 1 amide bonds. The Morgan fingerprint density at radius 2 is 1.73 bits per heavy atom. The molecule has 0 spiro atoms. The van der Waals surface area contributed by atoms with Crippen LogP contribution in [0, 0.1) is 6.92 Å². The van der Waals surface area contributed by atoms with E-state index in [1.807, 2.05) is 27.8 Å². The van der Waals surface area contributed by atoms with Crippen LogP contribution >= 0.6 is 11.6 Å².